The quantitative estimate of drug-likeness (QED) is 0.911. The van der Waals surface area contributed by atoms with Crippen LogP contribution in [0.15, 0.2) is 24.3 Å². The number of likely N-dealkylation sites (tertiary alicyclic amines) is 1. The molecule has 3 heterocycles. The second-order valence-electron chi connectivity index (χ2n) is 5.66. The zero-order valence-electron chi connectivity index (χ0n) is 11.3. The Balaban J connectivity index is 1.46. The number of thiazole rings is 1. The van der Waals surface area contributed by atoms with Gasteiger partial charge < -0.3 is 10.2 Å². The molecule has 20 heavy (non-hydrogen) atoms. The number of nitrogens with zero attached hydrogens (tertiary/aromatic N) is 3. The smallest absolute Gasteiger partial charge is 0.317 e. The molecular formula is C14H16N4OS. The van der Waals surface area contributed by atoms with Crippen molar-refractivity contribution in [2.45, 2.75) is 12.1 Å². The first kappa shape index (κ1) is 12.1. The van der Waals surface area contributed by atoms with Crippen molar-refractivity contribution < 1.29 is 4.79 Å². The number of likely N-dealkylation sites (N-methyl/N-ethyl adjacent to an activating group) is 1. The summed E-state index contributed by atoms with van der Waals surface area (Å²) >= 11 is 1.76. The fourth-order valence-electron chi connectivity index (χ4n) is 3.09. The van der Waals surface area contributed by atoms with E-state index in [1.807, 2.05) is 24.1 Å². The number of urea groups is 1. The SMILES string of the molecule is CN1C(=O)NCC12CN(Cc1nc3ccccc3s1)C2. The van der Waals surface area contributed by atoms with Gasteiger partial charge in [-0.2, -0.15) is 0 Å². The van der Waals surface area contributed by atoms with Crippen LogP contribution in [0.5, 0.6) is 0 Å². The monoisotopic (exact) mass is 288 g/mol. The number of aromatic nitrogens is 1. The maximum absolute atomic E-state index is 11.6. The van der Waals surface area contributed by atoms with Gasteiger partial charge in [0.1, 0.15) is 5.01 Å². The van der Waals surface area contributed by atoms with Gasteiger partial charge in [0.05, 0.1) is 22.3 Å². The third-order valence-corrected chi connectivity index (χ3v) is 5.34. The van der Waals surface area contributed by atoms with Crippen LogP contribution in [0.25, 0.3) is 10.2 Å². The van der Waals surface area contributed by atoms with Gasteiger partial charge >= 0.3 is 6.03 Å². The van der Waals surface area contributed by atoms with Crippen LogP contribution in [-0.4, -0.2) is 53.0 Å². The standard InChI is InChI=1S/C14H16N4OS/c1-17-13(19)15-7-14(17)8-18(9-14)6-12-16-10-4-2-3-5-11(10)20-12/h2-5H,6-9H2,1H3,(H,15,19). The molecule has 0 aliphatic carbocycles. The number of benzene rings is 1. The summed E-state index contributed by atoms with van der Waals surface area (Å²) in [5.41, 5.74) is 1.09. The third-order valence-electron chi connectivity index (χ3n) is 4.32. The first-order valence-corrected chi connectivity index (χ1v) is 7.56. The predicted molar refractivity (Wildman–Crippen MR) is 78.8 cm³/mol. The molecule has 0 unspecified atom stereocenters. The molecule has 5 nitrogen and oxygen atoms in total. The molecule has 104 valence electrons. The van der Waals surface area contributed by atoms with Crippen LogP contribution in [0.1, 0.15) is 5.01 Å². The van der Waals surface area contributed by atoms with Crippen molar-refractivity contribution in [3.8, 4) is 0 Å². The molecule has 0 bridgehead atoms. The Hall–Kier alpha value is -1.66. The minimum absolute atomic E-state index is 0.00770. The van der Waals surface area contributed by atoms with Crippen LogP contribution in [0.2, 0.25) is 0 Å². The minimum Gasteiger partial charge on any atom is -0.336 e. The summed E-state index contributed by atoms with van der Waals surface area (Å²) in [6, 6.07) is 8.29. The fourth-order valence-corrected chi connectivity index (χ4v) is 4.10. The second-order valence-corrected chi connectivity index (χ2v) is 6.78. The molecule has 0 radical (unpaired) electrons. The fraction of sp³-hybridized carbons (Fsp3) is 0.429. The number of fused-ring (bicyclic) bond motifs is 1. The van der Waals surface area contributed by atoms with Gasteiger partial charge in [0.15, 0.2) is 0 Å². The van der Waals surface area contributed by atoms with E-state index in [2.05, 4.69) is 27.3 Å². The van der Waals surface area contributed by atoms with Gasteiger partial charge in [-0.15, -0.1) is 11.3 Å². The van der Waals surface area contributed by atoms with Crippen molar-refractivity contribution in [1.29, 1.82) is 0 Å². The maximum Gasteiger partial charge on any atom is 0.317 e. The lowest BCUT2D eigenvalue weighted by atomic mass is 9.89. The normalized spacial score (nSPS) is 21.4. The van der Waals surface area contributed by atoms with E-state index in [9.17, 15) is 4.79 Å². The van der Waals surface area contributed by atoms with E-state index in [-0.39, 0.29) is 11.6 Å². The number of nitrogens with one attached hydrogen (secondary N) is 1. The van der Waals surface area contributed by atoms with Crippen LogP contribution < -0.4 is 5.32 Å². The Labute approximate surface area is 121 Å². The van der Waals surface area contributed by atoms with Crippen LogP contribution in [0.3, 0.4) is 0 Å². The second kappa shape index (κ2) is 4.17. The van der Waals surface area contributed by atoms with Gasteiger partial charge in [-0.05, 0) is 12.1 Å². The number of hydrogen-bond acceptors (Lipinski definition) is 4. The van der Waals surface area contributed by atoms with Gasteiger partial charge in [0.25, 0.3) is 0 Å². The Morgan fingerprint density at radius 2 is 2.20 bits per heavy atom. The van der Waals surface area contributed by atoms with Gasteiger partial charge in [0.2, 0.25) is 0 Å². The zero-order chi connectivity index (χ0) is 13.7. The number of hydrogen-bond donors (Lipinski definition) is 1. The van der Waals surface area contributed by atoms with Crippen LogP contribution in [-0.2, 0) is 6.54 Å². The van der Waals surface area contributed by atoms with E-state index in [0.717, 1.165) is 36.7 Å². The molecule has 1 aromatic heterocycles. The molecule has 2 saturated heterocycles. The van der Waals surface area contributed by atoms with Crippen molar-refractivity contribution in [2.24, 2.45) is 0 Å². The van der Waals surface area contributed by atoms with Gasteiger partial charge in [0, 0.05) is 26.7 Å². The summed E-state index contributed by atoms with van der Waals surface area (Å²) in [7, 11) is 1.89. The van der Waals surface area contributed by atoms with E-state index in [1.54, 1.807) is 11.3 Å². The van der Waals surface area contributed by atoms with Crippen molar-refractivity contribution in [3.05, 3.63) is 29.3 Å². The Kier molecular flexibility index (Phi) is 2.52. The van der Waals surface area contributed by atoms with E-state index in [1.165, 1.54) is 4.70 Å². The largest absolute Gasteiger partial charge is 0.336 e. The highest BCUT2D eigenvalue weighted by Gasteiger charge is 2.51. The van der Waals surface area contributed by atoms with Crippen molar-refractivity contribution >= 4 is 27.6 Å². The number of amides is 2. The molecule has 2 aliphatic heterocycles. The molecule has 2 aliphatic rings. The van der Waals surface area contributed by atoms with E-state index in [0.29, 0.717) is 0 Å². The van der Waals surface area contributed by atoms with Crippen molar-refractivity contribution in [2.75, 3.05) is 26.7 Å². The number of para-hydroxylation sites is 1. The van der Waals surface area contributed by atoms with Crippen molar-refractivity contribution in [1.82, 2.24) is 20.1 Å². The van der Waals surface area contributed by atoms with Crippen LogP contribution in [0.4, 0.5) is 4.79 Å². The van der Waals surface area contributed by atoms with Gasteiger partial charge in [-0.3, -0.25) is 4.90 Å². The summed E-state index contributed by atoms with van der Waals surface area (Å²) in [5, 5.41) is 4.07. The molecule has 0 saturated carbocycles. The number of rotatable bonds is 2. The number of carbonyl (C=O) groups excluding carboxylic acids is 1. The highest BCUT2D eigenvalue weighted by molar-refractivity contribution is 7.18. The summed E-state index contributed by atoms with van der Waals surface area (Å²) in [6.07, 6.45) is 0. The Morgan fingerprint density at radius 3 is 2.90 bits per heavy atom. The topological polar surface area (TPSA) is 48.5 Å². The average Bonchev–Trinajstić information content (AvgIpc) is 2.93. The van der Waals surface area contributed by atoms with E-state index >= 15 is 0 Å². The minimum atomic E-state index is 0.00770. The Morgan fingerprint density at radius 1 is 1.40 bits per heavy atom. The molecule has 6 heteroatoms. The molecule has 1 aromatic carbocycles. The first-order chi connectivity index (χ1) is 9.66. The van der Waals surface area contributed by atoms with Crippen molar-refractivity contribution in [3.63, 3.8) is 0 Å². The third kappa shape index (κ3) is 1.72. The summed E-state index contributed by atoms with van der Waals surface area (Å²) < 4.78 is 1.24. The molecule has 2 aromatic rings. The van der Waals surface area contributed by atoms with E-state index < -0.39 is 0 Å². The molecule has 1 N–H and O–H groups in total. The Bertz CT molecular complexity index is 644. The molecule has 4 rings (SSSR count). The first-order valence-electron chi connectivity index (χ1n) is 6.75. The van der Waals surface area contributed by atoms with Crippen LogP contribution in [0, 0.1) is 0 Å². The zero-order valence-corrected chi connectivity index (χ0v) is 12.1. The highest BCUT2D eigenvalue weighted by atomic mass is 32.1. The van der Waals surface area contributed by atoms with Crippen LogP contribution >= 0.6 is 11.3 Å². The molecule has 0 atom stereocenters. The lowest BCUT2D eigenvalue weighted by Gasteiger charge is -2.50. The van der Waals surface area contributed by atoms with Gasteiger partial charge in [-0.25, -0.2) is 9.78 Å². The molecule has 2 fully saturated rings. The lowest BCUT2D eigenvalue weighted by molar-refractivity contribution is -0.00105. The predicted octanol–water partition coefficient (Wildman–Crippen LogP) is 1.51. The lowest BCUT2D eigenvalue weighted by Crippen LogP contribution is -2.68. The summed E-state index contributed by atoms with van der Waals surface area (Å²) in [5.74, 6) is 0. The average molecular weight is 288 g/mol. The maximum atomic E-state index is 11.6. The van der Waals surface area contributed by atoms with Gasteiger partial charge in [-0.1, -0.05) is 12.1 Å². The number of carbonyl (C=O) groups is 1. The summed E-state index contributed by atoms with van der Waals surface area (Å²) in [4.78, 5) is 20.4. The molecular weight excluding hydrogens is 272 g/mol. The molecule has 2 amide bonds. The highest BCUT2D eigenvalue weighted by Crippen LogP contribution is 2.32. The summed E-state index contributed by atoms with van der Waals surface area (Å²) in [6.45, 7) is 3.50. The van der Waals surface area contributed by atoms with E-state index in [4.69, 9.17) is 0 Å². The molecule has 1 spiro atoms.